The number of amides is 2. The Morgan fingerprint density at radius 2 is 1.80 bits per heavy atom. The van der Waals surface area contributed by atoms with Crippen molar-refractivity contribution in [2.45, 2.75) is 0 Å². The molecule has 0 spiro atoms. The molecule has 0 fully saturated rings. The zero-order chi connectivity index (χ0) is 17.6. The first kappa shape index (κ1) is 16.1. The molecule has 0 atom stereocenters. The molecule has 1 aliphatic heterocycles. The second-order valence-corrected chi connectivity index (χ2v) is 5.06. The Kier molecular flexibility index (Phi) is 4.62. The third kappa shape index (κ3) is 3.76. The summed E-state index contributed by atoms with van der Waals surface area (Å²) in [6.07, 6.45) is 1.39. The summed E-state index contributed by atoms with van der Waals surface area (Å²) < 4.78 is 10.5. The van der Waals surface area contributed by atoms with Crippen molar-refractivity contribution in [3.05, 3.63) is 65.2 Å². The fraction of sp³-hybridized carbons (Fsp3) is 0.0556. The molecule has 3 rings (SSSR count). The summed E-state index contributed by atoms with van der Waals surface area (Å²) in [5.41, 5.74) is 5.32. The van der Waals surface area contributed by atoms with Crippen molar-refractivity contribution in [1.82, 2.24) is 10.9 Å². The highest BCUT2D eigenvalue weighted by atomic mass is 16.7. The zero-order valence-electron chi connectivity index (χ0n) is 13.0. The number of hydrazine groups is 1. The molecule has 0 aliphatic carbocycles. The minimum atomic E-state index is -0.718. The molecular weight excluding hydrogens is 322 g/mol. The Hall–Kier alpha value is -3.79. The van der Waals surface area contributed by atoms with Crippen molar-refractivity contribution in [3.8, 4) is 17.6 Å². The van der Waals surface area contributed by atoms with E-state index < -0.39 is 11.8 Å². The predicted octanol–water partition coefficient (Wildman–Crippen LogP) is 1.78. The highest BCUT2D eigenvalue weighted by molar-refractivity contribution is 6.03. The third-order valence-corrected chi connectivity index (χ3v) is 3.40. The Labute approximate surface area is 143 Å². The van der Waals surface area contributed by atoms with Gasteiger partial charge in [-0.05, 0) is 35.9 Å². The van der Waals surface area contributed by atoms with Crippen LogP contribution in [0.15, 0.2) is 54.1 Å². The van der Waals surface area contributed by atoms with Gasteiger partial charge in [0.05, 0.1) is 0 Å². The molecular formula is C18H13N3O4. The number of rotatable bonds is 3. The molecule has 7 heteroatoms. The maximum Gasteiger partial charge on any atom is 0.280 e. The summed E-state index contributed by atoms with van der Waals surface area (Å²) in [4.78, 5) is 24.0. The number of hydrogen-bond donors (Lipinski definition) is 2. The second-order valence-electron chi connectivity index (χ2n) is 5.06. The number of carbonyl (C=O) groups excluding carboxylic acids is 2. The van der Waals surface area contributed by atoms with E-state index in [1.165, 1.54) is 6.08 Å². The van der Waals surface area contributed by atoms with Crippen LogP contribution in [0.5, 0.6) is 11.5 Å². The Morgan fingerprint density at radius 1 is 1.04 bits per heavy atom. The van der Waals surface area contributed by atoms with Crippen LogP contribution >= 0.6 is 0 Å². The summed E-state index contributed by atoms with van der Waals surface area (Å²) in [5, 5.41) is 9.19. The maximum atomic E-state index is 12.1. The summed E-state index contributed by atoms with van der Waals surface area (Å²) in [5.74, 6) is -0.0437. The Balaban J connectivity index is 1.67. The van der Waals surface area contributed by atoms with Crippen LogP contribution in [0.25, 0.3) is 6.08 Å². The highest BCUT2D eigenvalue weighted by Gasteiger charge is 2.15. The van der Waals surface area contributed by atoms with Crippen LogP contribution in [0.4, 0.5) is 0 Å². The van der Waals surface area contributed by atoms with Crippen molar-refractivity contribution >= 4 is 17.9 Å². The van der Waals surface area contributed by atoms with Gasteiger partial charge in [0.1, 0.15) is 11.6 Å². The number of ether oxygens (including phenoxy) is 2. The van der Waals surface area contributed by atoms with Gasteiger partial charge >= 0.3 is 0 Å². The monoisotopic (exact) mass is 335 g/mol. The molecule has 2 aromatic carbocycles. The van der Waals surface area contributed by atoms with Gasteiger partial charge in [-0.2, -0.15) is 5.26 Å². The molecule has 124 valence electrons. The molecule has 1 aliphatic rings. The second kappa shape index (κ2) is 7.19. The topological polar surface area (TPSA) is 100 Å². The summed E-state index contributed by atoms with van der Waals surface area (Å²) in [6, 6.07) is 15.3. The van der Waals surface area contributed by atoms with Crippen molar-refractivity contribution in [1.29, 1.82) is 5.26 Å². The molecule has 0 saturated heterocycles. The van der Waals surface area contributed by atoms with Crippen LogP contribution in [0.3, 0.4) is 0 Å². The largest absolute Gasteiger partial charge is 0.454 e. The first-order valence-electron chi connectivity index (χ1n) is 7.34. The normalized spacial score (nSPS) is 12.2. The molecule has 1 heterocycles. The van der Waals surface area contributed by atoms with E-state index in [-0.39, 0.29) is 12.4 Å². The van der Waals surface area contributed by atoms with Gasteiger partial charge < -0.3 is 9.47 Å². The van der Waals surface area contributed by atoms with E-state index in [1.54, 1.807) is 48.5 Å². The van der Waals surface area contributed by atoms with Crippen LogP contribution in [0.1, 0.15) is 15.9 Å². The van der Waals surface area contributed by atoms with Gasteiger partial charge in [0.15, 0.2) is 11.5 Å². The number of carbonyl (C=O) groups is 2. The number of fused-ring (bicyclic) bond motifs is 1. The summed E-state index contributed by atoms with van der Waals surface area (Å²) in [6.45, 7) is 0.139. The van der Waals surface area contributed by atoms with E-state index in [2.05, 4.69) is 10.9 Å². The van der Waals surface area contributed by atoms with Gasteiger partial charge in [-0.3, -0.25) is 20.4 Å². The first-order chi connectivity index (χ1) is 12.2. The quantitative estimate of drug-likeness (QED) is 0.506. The lowest BCUT2D eigenvalue weighted by atomic mass is 10.1. The van der Waals surface area contributed by atoms with Crippen molar-refractivity contribution in [2.75, 3.05) is 6.79 Å². The molecule has 0 saturated carbocycles. The zero-order valence-corrected chi connectivity index (χ0v) is 13.0. The lowest BCUT2D eigenvalue weighted by Gasteiger charge is -2.06. The van der Waals surface area contributed by atoms with Gasteiger partial charge in [-0.25, -0.2) is 0 Å². The molecule has 7 nitrogen and oxygen atoms in total. The van der Waals surface area contributed by atoms with Crippen molar-refractivity contribution in [3.63, 3.8) is 0 Å². The summed E-state index contributed by atoms with van der Waals surface area (Å²) in [7, 11) is 0. The van der Waals surface area contributed by atoms with E-state index in [4.69, 9.17) is 9.47 Å². The molecule has 0 bridgehead atoms. The van der Waals surface area contributed by atoms with Gasteiger partial charge in [-0.15, -0.1) is 0 Å². The van der Waals surface area contributed by atoms with E-state index in [0.717, 1.165) is 0 Å². The minimum Gasteiger partial charge on any atom is -0.454 e. The van der Waals surface area contributed by atoms with E-state index in [0.29, 0.717) is 22.6 Å². The SMILES string of the molecule is N#C/C(=C\c1ccc2c(c1)OCO2)C(=O)NNC(=O)c1ccccc1. The maximum absolute atomic E-state index is 12.1. The van der Waals surface area contributed by atoms with Gasteiger partial charge in [0.2, 0.25) is 6.79 Å². The van der Waals surface area contributed by atoms with Crippen LogP contribution < -0.4 is 20.3 Å². The molecule has 0 unspecified atom stereocenters. The van der Waals surface area contributed by atoms with Crippen molar-refractivity contribution in [2.24, 2.45) is 0 Å². The molecule has 0 radical (unpaired) electrons. The molecule has 2 aromatic rings. The standard InChI is InChI=1S/C18H13N3O4/c19-10-14(8-12-6-7-15-16(9-12)25-11-24-15)18(23)21-20-17(22)13-4-2-1-3-5-13/h1-9H,11H2,(H,20,22)(H,21,23)/b14-8+. The lowest BCUT2D eigenvalue weighted by molar-refractivity contribution is -0.117. The molecule has 2 amide bonds. The average molecular weight is 335 g/mol. The number of benzene rings is 2. The Morgan fingerprint density at radius 3 is 2.56 bits per heavy atom. The van der Waals surface area contributed by atoms with Gasteiger partial charge in [0.25, 0.3) is 11.8 Å². The Bertz CT molecular complexity index is 885. The highest BCUT2D eigenvalue weighted by Crippen LogP contribution is 2.33. The van der Waals surface area contributed by atoms with Crippen LogP contribution in [0.2, 0.25) is 0 Å². The number of nitriles is 1. The predicted molar refractivity (Wildman–Crippen MR) is 88.2 cm³/mol. The van der Waals surface area contributed by atoms with E-state index in [9.17, 15) is 14.9 Å². The third-order valence-electron chi connectivity index (χ3n) is 3.40. The van der Waals surface area contributed by atoms with E-state index >= 15 is 0 Å². The number of hydrogen-bond acceptors (Lipinski definition) is 5. The molecule has 2 N–H and O–H groups in total. The fourth-order valence-corrected chi connectivity index (χ4v) is 2.16. The van der Waals surface area contributed by atoms with Gasteiger partial charge in [0, 0.05) is 5.56 Å². The molecule has 25 heavy (non-hydrogen) atoms. The first-order valence-corrected chi connectivity index (χ1v) is 7.34. The average Bonchev–Trinajstić information content (AvgIpc) is 3.12. The number of nitrogens with zero attached hydrogens (tertiary/aromatic N) is 1. The van der Waals surface area contributed by atoms with Crippen LogP contribution in [0, 0.1) is 11.3 Å². The smallest absolute Gasteiger partial charge is 0.280 e. The van der Waals surface area contributed by atoms with Gasteiger partial charge in [-0.1, -0.05) is 24.3 Å². The number of nitrogens with one attached hydrogen (secondary N) is 2. The van der Waals surface area contributed by atoms with Crippen LogP contribution in [-0.2, 0) is 4.79 Å². The summed E-state index contributed by atoms with van der Waals surface area (Å²) >= 11 is 0. The minimum absolute atomic E-state index is 0.139. The molecule has 0 aromatic heterocycles. The van der Waals surface area contributed by atoms with Crippen LogP contribution in [-0.4, -0.2) is 18.6 Å². The van der Waals surface area contributed by atoms with Crippen molar-refractivity contribution < 1.29 is 19.1 Å². The fourth-order valence-electron chi connectivity index (χ4n) is 2.16. The lowest BCUT2D eigenvalue weighted by Crippen LogP contribution is -2.42. The van der Waals surface area contributed by atoms with E-state index in [1.807, 2.05) is 6.07 Å².